The first-order valence-electron chi connectivity index (χ1n) is 8.29. The summed E-state index contributed by atoms with van der Waals surface area (Å²) >= 11 is 0. The number of hydrogen-bond acceptors (Lipinski definition) is 8. The van der Waals surface area contributed by atoms with Crippen molar-refractivity contribution in [2.24, 2.45) is 0 Å². The average molecular weight is 375 g/mol. The summed E-state index contributed by atoms with van der Waals surface area (Å²) < 4.78 is 20.7. The smallest absolute Gasteiger partial charge is 0.222 e. The summed E-state index contributed by atoms with van der Waals surface area (Å²) in [5, 5.41) is 29.5. The third-order valence-corrected chi connectivity index (χ3v) is 4.68. The minimum Gasteiger partial charge on any atom is -0.394 e. The number of ether oxygens (including phenoxy) is 1. The molecule has 1 saturated heterocycles. The number of halogens is 1. The van der Waals surface area contributed by atoms with Crippen LogP contribution in [0.25, 0.3) is 22.4 Å². The van der Waals surface area contributed by atoms with Gasteiger partial charge in [0.1, 0.15) is 35.3 Å². The number of aliphatic hydroxyl groups is 3. The van der Waals surface area contributed by atoms with Gasteiger partial charge in [-0.25, -0.2) is 14.4 Å². The van der Waals surface area contributed by atoms with Crippen molar-refractivity contribution in [1.29, 1.82) is 0 Å². The Bertz CT molecular complexity index is 1010. The van der Waals surface area contributed by atoms with E-state index >= 15 is 0 Å². The Balaban J connectivity index is 1.88. The lowest BCUT2D eigenvalue weighted by Gasteiger charge is -2.16. The lowest BCUT2D eigenvalue weighted by molar-refractivity contribution is -0.0511. The summed E-state index contributed by atoms with van der Waals surface area (Å²) in [5.74, 6) is -0.488. The van der Waals surface area contributed by atoms with Crippen LogP contribution in [0.5, 0.6) is 0 Å². The second kappa shape index (κ2) is 6.50. The maximum atomic E-state index is 13.8. The van der Waals surface area contributed by atoms with Crippen LogP contribution in [0.2, 0.25) is 0 Å². The van der Waals surface area contributed by atoms with Gasteiger partial charge in [0.25, 0.3) is 0 Å². The van der Waals surface area contributed by atoms with Gasteiger partial charge in [-0.3, -0.25) is 4.57 Å². The third-order valence-electron chi connectivity index (χ3n) is 4.68. The Kier molecular flexibility index (Phi) is 4.27. The molecule has 1 aliphatic rings. The zero-order valence-electron chi connectivity index (χ0n) is 14.3. The number of nitrogen functional groups attached to an aromatic ring is 1. The van der Waals surface area contributed by atoms with Gasteiger partial charge < -0.3 is 25.8 Å². The molecule has 0 radical (unpaired) electrons. The number of nitrogens with two attached hydrogens (primary N) is 1. The quantitative estimate of drug-likeness (QED) is 0.507. The molecule has 1 aliphatic heterocycles. The molecule has 0 spiro atoms. The molecule has 4 rings (SSSR count). The number of rotatable bonds is 3. The Hall–Kier alpha value is -2.66. The third kappa shape index (κ3) is 2.82. The van der Waals surface area contributed by atoms with Gasteiger partial charge in [0.15, 0.2) is 11.9 Å². The van der Waals surface area contributed by atoms with Crippen molar-refractivity contribution in [1.82, 2.24) is 19.5 Å². The predicted octanol–water partition coefficient (Wildman–Crippen LogP) is 0.135. The molecular weight excluding hydrogens is 357 g/mol. The maximum Gasteiger partial charge on any atom is 0.222 e. The predicted molar refractivity (Wildman–Crippen MR) is 92.9 cm³/mol. The van der Waals surface area contributed by atoms with Crippen LogP contribution < -0.4 is 5.73 Å². The van der Waals surface area contributed by atoms with Crippen molar-refractivity contribution >= 4 is 17.1 Å². The van der Waals surface area contributed by atoms with Crippen LogP contribution in [-0.2, 0) is 4.74 Å². The second-order valence-electron chi connectivity index (χ2n) is 6.44. The monoisotopic (exact) mass is 375 g/mol. The van der Waals surface area contributed by atoms with Crippen molar-refractivity contribution in [2.75, 3.05) is 12.3 Å². The zero-order valence-corrected chi connectivity index (χ0v) is 14.3. The van der Waals surface area contributed by atoms with E-state index in [2.05, 4.69) is 15.0 Å². The van der Waals surface area contributed by atoms with Gasteiger partial charge in [0.2, 0.25) is 5.95 Å². The van der Waals surface area contributed by atoms with Gasteiger partial charge in [0.05, 0.1) is 12.9 Å². The molecule has 3 heterocycles. The number of anilines is 1. The van der Waals surface area contributed by atoms with Crippen LogP contribution in [0.15, 0.2) is 24.5 Å². The highest BCUT2D eigenvalue weighted by Crippen LogP contribution is 2.34. The number of nitrogens with zero attached hydrogens (tertiary/aromatic N) is 4. The SMILES string of the molecule is Cc1ccc(F)cc1-c1nc(N)nc2c1ncn2[C@@H]1O[C@H](CO)[C@@H](O)[C@H]1O. The fourth-order valence-corrected chi connectivity index (χ4v) is 3.27. The van der Waals surface area contributed by atoms with Crippen molar-refractivity contribution in [3.63, 3.8) is 0 Å². The molecule has 0 amide bonds. The highest BCUT2D eigenvalue weighted by atomic mass is 19.1. The fraction of sp³-hybridized carbons (Fsp3) is 0.353. The van der Waals surface area contributed by atoms with Gasteiger partial charge in [-0.15, -0.1) is 0 Å². The van der Waals surface area contributed by atoms with Crippen LogP contribution in [0, 0.1) is 12.7 Å². The summed E-state index contributed by atoms with van der Waals surface area (Å²) in [4.78, 5) is 12.7. The molecule has 5 N–H and O–H groups in total. The number of hydrogen-bond donors (Lipinski definition) is 4. The first-order valence-corrected chi connectivity index (χ1v) is 8.29. The van der Waals surface area contributed by atoms with E-state index in [1.807, 2.05) is 6.92 Å². The van der Waals surface area contributed by atoms with Crippen LogP contribution in [0.3, 0.4) is 0 Å². The number of imidazole rings is 1. The summed E-state index contributed by atoms with van der Waals surface area (Å²) in [6, 6.07) is 4.30. The van der Waals surface area contributed by atoms with E-state index in [1.165, 1.54) is 23.0 Å². The van der Waals surface area contributed by atoms with Crippen molar-refractivity contribution < 1.29 is 24.4 Å². The molecule has 27 heavy (non-hydrogen) atoms. The Morgan fingerprint density at radius 1 is 1.26 bits per heavy atom. The first-order chi connectivity index (χ1) is 12.9. The van der Waals surface area contributed by atoms with Crippen LogP contribution in [-0.4, -0.2) is 59.8 Å². The standard InChI is InChI=1S/C17H18FN5O4/c1-7-2-3-8(18)4-9(7)11-12-15(22-17(19)21-11)23(6-20-12)16-14(26)13(25)10(5-24)27-16/h2-4,6,10,13-14,16,24-26H,5H2,1H3,(H2,19,21,22)/t10-,13-,14-,16-/m1/s1. The molecule has 1 fully saturated rings. The van der Waals surface area contributed by atoms with E-state index in [4.69, 9.17) is 10.5 Å². The number of benzene rings is 1. The largest absolute Gasteiger partial charge is 0.394 e. The van der Waals surface area contributed by atoms with Gasteiger partial charge in [-0.05, 0) is 24.6 Å². The molecule has 4 atom stereocenters. The van der Waals surface area contributed by atoms with Crippen molar-refractivity contribution in [3.05, 3.63) is 35.9 Å². The molecule has 9 nitrogen and oxygen atoms in total. The number of aryl methyl sites for hydroxylation is 1. The maximum absolute atomic E-state index is 13.8. The summed E-state index contributed by atoms with van der Waals surface area (Å²) in [6.45, 7) is 1.36. The highest BCUT2D eigenvalue weighted by molar-refractivity contribution is 5.89. The van der Waals surface area contributed by atoms with E-state index < -0.39 is 37.0 Å². The van der Waals surface area contributed by atoms with Gasteiger partial charge in [0, 0.05) is 5.56 Å². The fourth-order valence-electron chi connectivity index (χ4n) is 3.27. The average Bonchev–Trinajstić information content (AvgIpc) is 3.18. The number of fused-ring (bicyclic) bond motifs is 1. The van der Waals surface area contributed by atoms with Crippen LogP contribution in [0.4, 0.5) is 10.3 Å². The van der Waals surface area contributed by atoms with E-state index in [-0.39, 0.29) is 11.6 Å². The molecule has 0 unspecified atom stereocenters. The van der Waals surface area contributed by atoms with Gasteiger partial charge in [-0.2, -0.15) is 4.98 Å². The summed E-state index contributed by atoms with van der Waals surface area (Å²) in [6.07, 6.45) is -3.14. The molecule has 1 aromatic carbocycles. The van der Waals surface area contributed by atoms with Crippen molar-refractivity contribution in [3.8, 4) is 11.3 Å². The van der Waals surface area contributed by atoms with E-state index in [1.54, 1.807) is 6.07 Å². The molecule has 3 aromatic rings. The number of aliphatic hydroxyl groups excluding tert-OH is 3. The Labute approximate surface area is 152 Å². The Morgan fingerprint density at radius 2 is 2.04 bits per heavy atom. The normalized spacial score (nSPS) is 25.4. The van der Waals surface area contributed by atoms with E-state index in [0.29, 0.717) is 16.8 Å². The molecule has 0 aliphatic carbocycles. The van der Waals surface area contributed by atoms with Gasteiger partial charge in [-0.1, -0.05) is 6.07 Å². The molecule has 142 valence electrons. The number of aromatic nitrogens is 4. The topological polar surface area (TPSA) is 140 Å². The van der Waals surface area contributed by atoms with Crippen LogP contribution >= 0.6 is 0 Å². The molecule has 2 aromatic heterocycles. The zero-order chi connectivity index (χ0) is 19.3. The van der Waals surface area contributed by atoms with E-state index in [9.17, 15) is 19.7 Å². The molecule has 0 saturated carbocycles. The highest BCUT2D eigenvalue weighted by Gasteiger charge is 2.44. The Morgan fingerprint density at radius 3 is 2.74 bits per heavy atom. The molecule has 0 bridgehead atoms. The first kappa shape index (κ1) is 17.7. The molecule has 10 heteroatoms. The van der Waals surface area contributed by atoms with Crippen LogP contribution in [0.1, 0.15) is 11.8 Å². The lowest BCUT2D eigenvalue weighted by Crippen LogP contribution is -2.33. The minimum absolute atomic E-state index is 0.0605. The second-order valence-corrected chi connectivity index (χ2v) is 6.44. The van der Waals surface area contributed by atoms with Gasteiger partial charge >= 0.3 is 0 Å². The van der Waals surface area contributed by atoms with E-state index in [0.717, 1.165) is 5.56 Å². The lowest BCUT2D eigenvalue weighted by atomic mass is 10.0. The van der Waals surface area contributed by atoms with Crippen molar-refractivity contribution in [2.45, 2.75) is 31.5 Å². The summed E-state index contributed by atoms with van der Waals surface area (Å²) in [7, 11) is 0. The summed E-state index contributed by atoms with van der Waals surface area (Å²) in [5.41, 5.74) is 8.08. The molecular formula is C17H18FN5O4. The minimum atomic E-state index is -1.30.